The minimum Gasteiger partial charge on any atom is -0.414 e. The van der Waals surface area contributed by atoms with Gasteiger partial charge in [-0.25, -0.2) is 14.3 Å². The van der Waals surface area contributed by atoms with Gasteiger partial charge in [-0.1, -0.05) is 24.3 Å². The zero-order chi connectivity index (χ0) is 23.6. The van der Waals surface area contributed by atoms with E-state index in [0.717, 1.165) is 23.2 Å². The summed E-state index contributed by atoms with van der Waals surface area (Å²) in [5.41, 5.74) is 9.49. The number of nitrogens with one attached hydrogen (secondary N) is 1. The van der Waals surface area contributed by atoms with Crippen LogP contribution in [0.3, 0.4) is 0 Å². The number of nitrogens with zero attached hydrogens (tertiary/aromatic N) is 5. The third-order valence-corrected chi connectivity index (χ3v) is 6.91. The fraction of sp³-hybridized carbons (Fsp3) is 0.182. The van der Waals surface area contributed by atoms with Crippen molar-refractivity contribution in [1.82, 2.24) is 29.8 Å². The first-order chi connectivity index (χ1) is 15.8. The Bertz CT molecular complexity index is 1240. The van der Waals surface area contributed by atoms with Crippen LogP contribution < -0.4 is 11.1 Å². The van der Waals surface area contributed by atoms with Gasteiger partial charge in [0.2, 0.25) is 5.89 Å². The van der Waals surface area contributed by atoms with Crippen LogP contribution in [0.2, 0.25) is 0 Å². The average molecular weight is 468 g/mol. The molecule has 2 heterocycles. The minimum atomic E-state index is -3.02. The van der Waals surface area contributed by atoms with Crippen molar-refractivity contribution in [1.29, 1.82) is 0 Å². The quantitative estimate of drug-likeness (QED) is 0.317. The number of nitrogen functional groups attached to an aromatic ring is 1. The molecule has 4 aromatic rings. The maximum absolute atomic E-state index is 10.3. The SMILES string of the molecule is CNCc1ccc(-c2nnc(-c3nc(-c4ccc(S(O)(O)N(C)C)cc4)cnc3N)o2)cc1. The van der Waals surface area contributed by atoms with E-state index >= 15 is 0 Å². The molecule has 2 aromatic carbocycles. The number of anilines is 1. The molecule has 0 aliphatic heterocycles. The van der Waals surface area contributed by atoms with Crippen LogP contribution in [-0.2, 0) is 6.54 Å². The maximum Gasteiger partial charge on any atom is 0.270 e. The van der Waals surface area contributed by atoms with Crippen molar-refractivity contribution in [3.8, 4) is 34.3 Å². The molecule has 0 saturated carbocycles. The molecule has 5 N–H and O–H groups in total. The van der Waals surface area contributed by atoms with E-state index in [1.54, 1.807) is 38.4 Å². The Morgan fingerprint density at radius 1 is 0.970 bits per heavy atom. The van der Waals surface area contributed by atoms with Gasteiger partial charge in [0.25, 0.3) is 5.89 Å². The molecule has 0 atom stereocenters. The van der Waals surface area contributed by atoms with E-state index in [0.29, 0.717) is 16.5 Å². The van der Waals surface area contributed by atoms with Crippen molar-refractivity contribution in [3.63, 3.8) is 0 Å². The summed E-state index contributed by atoms with van der Waals surface area (Å²) < 4.78 is 27.8. The van der Waals surface area contributed by atoms with Crippen LogP contribution in [0.25, 0.3) is 34.3 Å². The number of aromatic nitrogens is 4. The third-order valence-electron chi connectivity index (χ3n) is 4.99. The van der Waals surface area contributed by atoms with Crippen molar-refractivity contribution in [3.05, 3.63) is 60.3 Å². The molecule has 0 unspecified atom stereocenters. The van der Waals surface area contributed by atoms with Crippen molar-refractivity contribution in [2.45, 2.75) is 11.4 Å². The second kappa shape index (κ2) is 9.25. The van der Waals surface area contributed by atoms with Crippen molar-refractivity contribution < 1.29 is 13.5 Å². The predicted octanol–water partition coefficient (Wildman–Crippen LogP) is 3.75. The van der Waals surface area contributed by atoms with Crippen LogP contribution in [0, 0.1) is 0 Å². The van der Waals surface area contributed by atoms with Gasteiger partial charge in [-0.2, -0.15) is 0 Å². The Hall–Kier alpha value is -3.35. The zero-order valence-electron chi connectivity index (χ0n) is 18.4. The summed E-state index contributed by atoms with van der Waals surface area (Å²) in [6, 6.07) is 14.6. The highest BCUT2D eigenvalue weighted by Crippen LogP contribution is 2.49. The fourth-order valence-electron chi connectivity index (χ4n) is 3.12. The van der Waals surface area contributed by atoms with Crippen LogP contribution in [-0.4, -0.2) is 54.7 Å². The lowest BCUT2D eigenvalue weighted by molar-refractivity contribution is 0.414. The standard InChI is InChI=1S/C22H25N7O3S/c1-24-12-14-4-6-16(7-5-14)21-27-28-22(32-21)19-20(23)25-13-18(26-19)15-8-10-17(11-9-15)33(30,31)29(2)3/h4-11,13,24,30-31H,12H2,1-3H3,(H2,23,25). The Kier molecular flexibility index (Phi) is 6.40. The van der Waals surface area contributed by atoms with Gasteiger partial charge in [-0.15, -0.1) is 21.0 Å². The van der Waals surface area contributed by atoms with Crippen molar-refractivity contribution in [2.24, 2.45) is 0 Å². The van der Waals surface area contributed by atoms with Gasteiger partial charge in [0.15, 0.2) is 11.5 Å². The Labute approximate surface area is 193 Å². The normalized spacial score (nSPS) is 12.3. The Morgan fingerprint density at radius 2 is 1.61 bits per heavy atom. The van der Waals surface area contributed by atoms with Gasteiger partial charge in [0.05, 0.1) is 16.8 Å². The summed E-state index contributed by atoms with van der Waals surface area (Å²) in [4.78, 5) is 9.19. The zero-order valence-corrected chi connectivity index (χ0v) is 19.2. The number of rotatable bonds is 7. The molecule has 11 heteroatoms. The number of hydrogen-bond acceptors (Lipinski definition) is 10. The predicted molar refractivity (Wildman–Crippen MR) is 128 cm³/mol. The van der Waals surface area contributed by atoms with E-state index in [1.165, 1.54) is 10.5 Å². The number of hydrogen-bond donors (Lipinski definition) is 4. The number of nitrogens with two attached hydrogens (primary N) is 1. The van der Waals surface area contributed by atoms with Crippen LogP contribution in [0.4, 0.5) is 5.82 Å². The van der Waals surface area contributed by atoms with E-state index in [9.17, 15) is 9.11 Å². The van der Waals surface area contributed by atoms with Gasteiger partial charge in [0.1, 0.15) is 0 Å². The summed E-state index contributed by atoms with van der Waals surface area (Å²) in [5.74, 6) is 0.678. The lowest BCUT2D eigenvalue weighted by Crippen LogP contribution is -2.18. The van der Waals surface area contributed by atoms with Crippen LogP contribution in [0.15, 0.2) is 64.0 Å². The van der Waals surface area contributed by atoms with Gasteiger partial charge in [-0.05, 0) is 36.9 Å². The van der Waals surface area contributed by atoms with Crippen molar-refractivity contribution >= 4 is 16.6 Å². The highest BCUT2D eigenvalue weighted by atomic mass is 32.3. The highest BCUT2D eigenvalue weighted by molar-refractivity contribution is 8.22. The largest absolute Gasteiger partial charge is 0.414 e. The van der Waals surface area contributed by atoms with E-state index < -0.39 is 10.8 Å². The van der Waals surface area contributed by atoms with E-state index in [-0.39, 0.29) is 17.4 Å². The molecule has 172 valence electrons. The fourth-order valence-corrected chi connectivity index (χ4v) is 4.04. The molecular formula is C22H25N7O3S. The molecular weight excluding hydrogens is 442 g/mol. The first-order valence-electron chi connectivity index (χ1n) is 10.1. The molecule has 0 aliphatic rings. The van der Waals surface area contributed by atoms with E-state index in [1.807, 2.05) is 31.3 Å². The molecule has 0 radical (unpaired) electrons. The molecule has 33 heavy (non-hydrogen) atoms. The molecule has 2 aromatic heterocycles. The molecule has 10 nitrogen and oxygen atoms in total. The van der Waals surface area contributed by atoms with Crippen LogP contribution in [0.1, 0.15) is 5.56 Å². The highest BCUT2D eigenvalue weighted by Gasteiger charge is 2.20. The Balaban J connectivity index is 1.62. The second-order valence-electron chi connectivity index (χ2n) is 7.48. The summed E-state index contributed by atoms with van der Waals surface area (Å²) in [7, 11) is 2.08. The van der Waals surface area contributed by atoms with Gasteiger partial charge >= 0.3 is 0 Å². The first-order valence-corrected chi connectivity index (χ1v) is 11.6. The second-order valence-corrected chi connectivity index (χ2v) is 9.72. The average Bonchev–Trinajstić information content (AvgIpc) is 3.30. The summed E-state index contributed by atoms with van der Waals surface area (Å²) >= 11 is 0. The summed E-state index contributed by atoms with van der Waals surface area (Å²) in [6.07, 6.45) is 1.54. The summed E-state index contributed by atoms with van der Waals surface area (Å²) in [6.45, 7) is 0.767. The molecule has 0 saturated heterocycles. The maximum atomic E-state index is 10.3. The van der Waals surface area contributed by atoms with E-state index in [2.05, 4.69) is 25.5 Å². The summed E-state index contributed by atoms with van der Waals surface area (Å²) in [5, 5.41) is 11.3. The molecule has 0 aliphatic carbocycles. The monoisotopic (exact) mass is 467 g/mol. The minimum absolute atomic E-state index is 0.162. The molecule has 4 rings (SSSR count). The lowest BCUT2D eigenvalue weighted by atomic mass is 10.1. The smallest absolute Gasteiger partial charge is 0.270 e. The molecule has 0 spiro atoms. The Morgan fingerprint density at radius 3 is 2.24 bits per heavy atom. The topological polar surface area (TPSA) is 146 Å². The van der Waals surface area contributed by atoms with Crippen LogP contribution in [0.5, 0.6) is 0 Å². The molecule has 0 fully saturated rings. The van der Waals surface area contributed by atoms with E-state index in [4.69, 9.17) is 10.2 Å². The number of benzene rings is 2. The first kappa shape index (κ1) is 22.8. The molecule has 0 bridgehead atoms. The van der Waals surface area contributed by atoms with Gasteiger partial charge in [-0.3, -0.25) is 9.11 Å². The van der Waals surface area contributed by atoms with Gasteiger partial charge < -0.3 is 15.5 Å². The van der Waals surface area contributed by atoms with Crippen LogP contribution >= 0.6 is 10.8 Å². The third kappa shape index (κ3) is 4.72. The molecule has 0 amide bonds. The van der Waals surface area contributed by atoms with Crippen molar-refractivity contribution in [2.75, 3.05) is 26.9 Å². The lowest BCUT2D eigenvalue weighted by Gasteiger charge is -2.38. The van der Waals surface area contributed by atoms with Gasteiger partial charge in [0, 0.05) is 31.8 Å².